The van der Waals surface area contributed by atoms with E-state index >= 15 is 0 Å². The highest BCUT2D eigenvalue weighted by atomic mass is 16.5. The molecule has 5 nitrogen and oxygen atoms in total. The summed E-state index contributed by atoms with van der Waals surface area (Å²) < 4.78 is 7.18. The van der Waals surface area contributed by atoms with Crippen molar-refractivity contribution in [2.75, 3.05) is 0 Å². The lowest BCUT2D eigenvalue weighted by Crippen LogP contribution is -2.26. The molecule has 2 atom stereocenters. The maximum atomic E-state index is 11.8. The van der Waals surface area contributed by atoms with Crippen LogP contribution in [-0.4, -0.2) is 21.7 Å². The number of nitrogens with two attached hydrogens (primary N) is 1. The molecule has 1 saturated carbocycles. The second-order valence-corrected chi connectivity index (χ2v) is 4.14. The van der Waals surface area contributed by atoms with E-state index in [1.807, 2.05) is 6.92 Å². The number of ether oxygens (including phenoxy) is 1. The molecule has 1 aliphatic rings. The molecule has 0 radical (unpaired) electrons. The molecule has 2 rings (SSSR count). The van der Waals surface area contributed by atoms with Gasteiger partial charge >= 0.3 is 5.56 Å². The normalized spacial score (nSPS) is 24.6. The molecule has 0 spiro atoms. The van der Waals surface area contributed by atoms with Gasteiger partial charge < -0.3 is 15.0 Å². The van der Waals surface area contributed by atoms with Gasteiger partial charge in [-0.1, -0.05) is 0 Å². The SMILES string of the molecule is CCn1ccnc(OC2CCC(N)C2)c1=O. The number of rotatable bonds is 3. The van der Waals surface area contributed by atoms with Gasteiger partial charge in [0, 0.05) is 25.0 Å². The Morgan fingerprint density at radius 1 is 1.62 bits per heavy atom. The van der Waals surface area contributed by atoms with Crippen molar-refractivity contribution in [3.63, 3.8) is 0 Å². The van der Waals surface area contributed by atoms with Gasteiger partial charge in [0.2, 0.25) is 0 Å². The Bertz CT molecular complexity index is 416. The molecular formula is C11H17N3O2. The van der Waals surface area contributed by atoms with Gasteiger partial charge in [0.25, 0.3) is 5.88 Å². The first kappa shape index (κ1) is 11.1. The molecule has 1 aromatic rings. The van der Waals surface area contributed by atoms with E-state index in [1.165, 1.54) is 0 Å². The van der Waals surface area contributed by atoms with Crippen LogP contribution in [0.25, 0.3) is 0 Å². The van der Waals surface area contributed by atoms with Crippen LogP contribution in [0.3, 0.4) is 0 Å². The highest BCUT2D eigenvalue weighted by Crippen LogP contribution is 2.20. The second kappa shape index (κ2) is 4.65. The largest absolute Gasteiger partial charge is 0.470 e. The molecular weight excluding hydrogens is 206 g/mol. The molecule has 2 unspecified atom stereocenters. The second-order valence-electron chi connectivity index (χ2n) is 4.14. The van der Waals surface area contributed by atoms with E-state index in [1.54, 1.807) is 17.0 Å². The molecule has 1 aromatic heterocycles. The van der Waals surface area contributed by atoms with Gasteiger partial charge in [-0.2, -0.15) is 0 Å². The third-order valence-corrected chi connectivity index (χ3v) is 2.93. The zero-order chi connectivity index (χ0) is 11.5. The van der Waals surface area contributed by atoms with Crippen molar-refractivity contribution in [3.05, 3.63) is 22.7 Å². The lowest BCUT2D eigenvalue weighted by atomic mass is 10.3. The number of aryl methyl sites for hydroxylation is 1. The number of hydrogen-bond acceptors (Lipinski definition) is 4. The molecule has 0 amide bonds. The Morgan fingerprint density at radius 3 is 3.06 bits per heavy atom. The molecule has 1 aliphatic carbocycles. The Hall–Kier alpha value is -1.36. The third kappa shape index (κ3) is 2.24. The van der Waals surface area contributed by atoms with E-state index in [4.69, 9.17) is 10.5 Å². The van der Waals surface area contributed by atoms with E-state index in [0.717, 1.165) is 19.3 Å². The third-order valence-electron chi connectivity index (χ3n) is 2.93. The predicted molar refractivity (Wildman–Crippen MR) is 60.4 cm³/mol. The van der Waals surface area contributed by atoms with Crippen molar-refractivity contribution < 1.29 is 4.74 Å². The van der Waals surface area contributed by atoms with Crippen LogP contribution in [-0.2, 0) is 6.54 Å². The predicted octanol–water partition coefficient (Wildman–Crippen LogP) is 0.522. The lowest BCUT2D eigenvalue weighted by molar-refractivity contribution is 0.195. The van der Waals surface area contributed by atoms with Crippen molar-refractivity contribution in [3.8, 4) is 5.88 Å². The van der Waals surface area contributed by atoms with Crippen molar-refractivity contribution in [2.45, 2.75) is 44.9 Å². The zero-order valence-corrected chi connectivity index (χ0v) is 9.43. The van der Waals surface area contributed by atoms with Crippen LogP contribution in [0.1, 0.15) is 26.2 Å². The van der Waals surface area contributed by atoms with Gasteiger partial charge in [-0.05, 0) is 26.2 Å². The average molecular weight is 223 g/mol. The van der Waals surface area contributed by atoms with Crippen molar-refractivity contribution in [1.29, 1.82) is 0 Å². The lowest BCUT2D eigenvalue weighted by Gasteiger charge is -2.12. The molecule has 16 heavy (non-hydrogen) atoms. The summed E-state index contributed by atoms with van der Waals surface area (Å²) in [6.07, 6.45) is 5.97. The summed E-state index contributed by atoms with van der Waals surface area (Å²) in [5, 5.41) is 0. The fourth-order valence-corrected chi connectivity index (χ4v) is 2.00. The van der Waals surface area contributed by atoms with Crippen molar-refractivity contribution >= 4 is 0 Å². The van der Waals surface area contributed by atoms with Crippen LogP contribution < -0.4 is 16.0 Å². The first-order chi connectivity index (χ1) is 7.70. The zero-order valence-electron chi connectivity index (χ0n) is 9.43. The van der Waals surface area contributed by atoms with Gasteiger partial charge in [0.05, 0.1) is 0 Å². The smallest absolute Gasteiger partial charge is 0.313 e. The van der Waals surface area contributed by atoms with E-state index in [9.17, 15) is 4.79 Å². The summed E-state index contributed by atoms with van der Waals surface area (Å²) in [5.41, 5.74) is 5.63. The average Bonchev–Trinajstić information content (AvgIpc) is 2.67. The molecule has 0 saturated heterocycles. The Labute approximate surface area is 94.2 Å². The summed E-state index contributed by atoms with van der Waals surface area (Å²) in [4.78, 5) is 15.8. The Balaban J connectivity index is 2.12. The van der Waals surface area contributed by atoms with Gasteiger partial charge in [-0.15, -0.1) is 0 Å². The van der Waals surface area contributed by atoms with Crippen LogP contribution in [0.2, 0.25) is 0 Å². The highest BCUT2D eigenvalue weighted by Gasteiger charge is 2.24. The summed E-state index contributed by atoms with van der Waals surface area (Å²) in [6, 6.07) is 0.196. The summed E-state index contributed by atoms with van der Waals surface area (Å²) in [5.74, 6) is 0.198. The van der Waals surface area contributed by atoms with Crippen LogP contribution in [0.4, 0.5) is 0 Å². The fraction of sp³-hybridized carbons (Fsp3) is 0.636. The minimum Gasteiger partial charge on any atom is -0.470 e. The number of nitrogens with zero attached hydrogens (tertiary/aromatic N) is 2. The molecule has 1 fully saturated rings. The van der Waals surface area contributed by atoms with Crippen LogP contribution in [0.15, 0.2) is 17.2 Å². The minimum atomic E-state index is -0.162. The molecule has 5 heteroatoms. The molecule has 88 valence electrons. The molecule has 0 aromatic carbocycles. The number of hydrogen-bond donors (Lipinski definition) is 1. The standard InChI is InChI=1S/C11H17N3O2/c1-2-14-6-5-13-10(11(14)15)16-9-4-3-8(12)7-9/h5-6,8-9H,2-4,7,12H2,1H3. The van der Waals surface area contributed by atoms with E-state index in [0.29, 0.717) is 6.54 Å². The Kier molecular flexibility index (Phi) is 3.24. The first-order valence-electron chi connectivity index (χ1n) is 5.68. The maximum Gasteiger partial charge on any atom is 0.313 e. The summed E-state index contributed by atoms with van der Waals surface area (Å²) in [6.45, 7) is 2.54. The van der Waals surface area contributed by atoms with Gasteiger partial charge in [0.15, 0.2) is 0 Å². The minimum absolute atomic E-state index is 0.0444. The number of aromatic nitrogens is 2. The molecule has 2 N–H and O–H groups in total. The van der Waals surface area contributed by atoms with Gasteiger partial charge in [0.1, 0.15) is 6.10 Å². The highest BCUT2D eigenvalue weighted by molar-refractivity contribution is 5.05. The monoisotopic (exact) mass is 223 g/mol. The molecule has 0 aliphatic heterocycles. The summed E-state index contributed by atoms with van der Waals surface area (Å²) in [7, 11) is 0. The van der Waals surface area contributed by atoms with Gasteiger partial charge in [-0.3, -0.25) is 4.79 Å². The van der Waals surface area contributed by atoms with Crippen molar-refractivity contribution in [2.24, 2.45) is 5.73 Å². The van der Waals surface area contributed by atoms with Crippen molar-refractivity contribution in [1.82, 2.24) is 9.55 Å². The van der Waals surface area contributed by atoms with Crippen LogP contribution in [0, 0.1) is 0 Å². The fourth-order valence-electron chi connectivity index (χ4n) is 2.00. The topological polar surface area (TPSA) is 70.1 Å². The summed E-state index contributed by atoms with van der Waals surface area (Å²) >= 11 is 0. The first-order valence-corrected chi connectivity index (χ1v) is 5.68. The maximum absolute atomic E-state index is 11.8. The van der Waals surface area contributed by atoms with E-state index < -0.39 is 0 Å². The Morgan fingerprint density at radius 2 is 2.44 bits per heavy atom. The molecule has 0 bridgehead atoms. The van der Waals surface area contributed by atoms with Gasteiger partial charge in [-0.25, -0.2) is 4.98 Å². The quantitative estimate of drug-likeness (QED) is 0.811. The van der Waals surface area contributed by atoms with E-state index in [-0.39, 0.29) is 23.6 Å². The molecule has 1 heterocycles. The van der Waals surface area contributed by atoms with Crippen LogP contribution >= 0.6 is 0 Å². The van der Waals surface area contributed by atoms with E-state index in [2.05, 4.69) is 4.98 Å². The van der Waals surface area contributed by atoms with Crippen LogP contribution in [0.5, 0.6) is 5.88 Å².